The third-order valence-corrected chi connectivity index (χ3v) is 3.33. The second kappa shape index (κ2) is 6.12. The van der Waals surface area contributed by atoms with E-state index in [4.69, 9.17) is 16.3 Å². The van der Waals surface area contributed by atoms with Crippen LogP contribution in [0.4, 0.5) is 0 Å². The van der Waals surface area contributed by atoms with E-state index in [0.29, 0.717) is 28.2 Å². The number of rotatable bonds is 3. The Balaban J connectivity index is 1.98. The van der Waals surface area contributed by atoms with Crippen LogP contribution in [0.15, 0.2) is 48.7 Å². The van der Waals surface area contributed by atoms with Gasteiger partial charge >= 0.3 is 0 Å². The predicted octanol–water partition coefficient (Wildman–Crippen LogP) is 4.60. The van der Waals surface area contributed by atoms with Crippen LogP contribution in [0.1, 0.15) is 11.3 Å². The molecular formula is C17H14ClN3O. The Hall–Kier alpha value is -2.46. The molecule has 1 aromatic carbocycles. The Morgan fingerprint density at radius 1 is 1.00 bits per heavy atom. The predicted molar refractivity (Wildman–Crippen MR) is 86.3 cm³/mol. The van der Waals surface area contributed by atoms with Crippen LogP contribution in [0.2, 0.25) is 5.02 Å². The summed E-state index contributed by atoms with van der Waals surface area (Å²) in [4.78, 5) is 13.1. The third-order valence-electron chi connectivity index (χ3n) is 3.02. The first-order valence-electron chi connectivity index (χ1n) is 6.83. The summed E-state index contributed by atoms with van der Waals surface area (Å²) >= 11 is 6.11. The highest BCUT2D eigenvalue weighted by Crippen LogP contribution is 2.29. The van der Waals surface area contributed by atoms with Crippen molar-refractivity contribution in [1.82, 2.24) is 15.0 Å². The summed E-state index contributed by atoms with van der Waals surface area (Å²) in [6.07, 6.45) is 1.72. The number of para-hydroxylation sites is 1. The van der Waals surface area contributed by atoms with E-state index in [2.05, 4.69) is 15.0 Å². The molecule has 4 nitrogen and oxygen atoms in total. The topological polar surface area (TPSA) is 47.9 Å². The average molecular weight is 312 g/mol. The van der Waals surface area contributed by atoms with Crippen LogP contribution in [0.25, 0.3) is 11.5 Å². The summed E-state index contributed by atoms with van der Waals surface area (Å²) in [7, 11) is 0. The number of benzene rings is 1. The molecule has 0 amide bonds. The van der Waals surface area contributed by atoms with Gasteiger partial charge in [-0.2, -0.15) is 0 Å². The molecule has 0 saturated heterocycles. The largest absolute Gasteiger partial charge is 0.437 e. The van der Waals surface area contributed by atoms with Gasteiger partial charge in [0.05, 0.1) is 5.02 Å². The molecule has 0 saturated carbocycles. The van der Waals surface area contributed by atoms with E-state index in [9.17, 15) is 0 Å². The highest BCUT2D eigenvalue weighted by Gasteiger charge is 2.09. The summed E-state index contributed by atoms with van der Waals surface area (Å²) in [5.74, 6) is 1.61. The van der Waals surface area contributed by atoms with Gasteiger partial charge < -0.3 is 4.74 Å². The maximum absolute atomic E-state index is 6.11. The summed E-state index contributed by atoms with van der Waals surface area (Å²) in [5.41, 5.74) is 2.57. The molecule has 2 heterocycles. The average Bonchev–Trinajstić information content (AvgIpc) is 2.49. The lowest BCUT2D eigenvalue weighted by Crippen LogP contribution is -1.96. The third kappa shape index (κ3) is 3.23. The molecule has 3 rings (SSSR count). The molecule has 22 heavy (non-hydrogen) atoms. The van der Waals surface area contributed by atoms with Crippen molar-refractivity contribution >= 4 is 11.6 Å². The lowest BCUT2D eigenvalue weighted by molar-refractivity contribution is 0.463. The fraction of sp³-hybridized carbons (Fsp3) is 0.118. The molecule has 0 fully saturated rings. The number of hydrogen-bond acceptors (Lipinski definition) is 4. The minimum atomic E-state index is 0.466. The molecular weight excluding hydrogens is 298 g/mol. The Kier molecular flexibility index (Phi) is 4.02. The molecule has 0 spiro atoms. The van der Waals surface area contributed by atoms with Crippen LogP contribution in [-0.2, 0) is 0 Å². The first-order valence-corrected chi connectivity index (χ1v) is 7.21. The van der Waals surface area contributed by atoms with Crippen molar-refractivity contribution < 1.29 is 4.74 Å². The van der Waals surface area contributed by atoms with Crippen LogP contribution in [0, 0.1) is 13.8 Å². The van der Waals surface area contributed by atoms with E-state index >= 15 is 0 Å². The maximum atomic E-state index is 6.11. The van der Waals surface area contributed by atoms with Crippen molar-refractivity contribution in [2.45, 2.75) is 13.8 Å². The van der Waals surface area contributed by atoms with E-state index in [1.807, 2.05) is 44.2 Å². The highest BCUT2D eigenvalue weighted by molar-refractivity contribution is 6.32. The van der Waals surface area contributed by atoms with E-state index in [1.165, 1.54) is 0 Å². The minimum Gasteiger partial charge on any atom is -0.437 e. The van der Waals surface area contributed by atoms with Crippen LogP contribution in [-0.4, -0.2) is 15.0 Å². The first kappa shape index (κ1) is 14.5. The summed E-state index contributed by atoms with van der Waals surface area (Å²) in [6, 6.07) is 12.9. The van der Waals surface area contributed by atoms with E-state index < -0.39 is 0 Å². The Labute approximate surface area is 133 Å². The van der Waals surface area contributed by atoms with E-state index in [1.54, 1.807) is 18.3 Å². The number of ether oxygens (including phenoxy) is 1. The van der Waals surface area contributed by atoms with Crippen molar-refractivity contribution in [3.8, 4) is 23.1 Å². The van der Waals surface area contributed by atoms with Crippen molar-refractivity contribution in [2.75, 3.05) is 0 Å². The molecule has 3 aromatic rings. The second-order valence-electron chi connectivity index (χ2n) is 4.92. The van der Waals surface area contributed by atoms with Crippen molar-refractivity contribution in [1.29, 1.82) is 0 Å². The Morgan fingerprint density at radius 2 is 1.82 bits per heavy atom. The first-order chi connectivity index (χ1) is 10.6. The summed E-state index contributed by atoms with van der Waals surface area (Å²) < 4.78 is 5.78. The molecule has 110 valence electrons. The summed E-state index contributed by atoms with van der Waals surface area (Å²) in [6.45, 7) is 3.89. The van der Waals surface area contributed by atoms with E-state index in [-0.39, 0.29) is 0 Å². The highest BCUT2D eigenvalue weighted by atomic mass is 35.5. The number of pyridine rings is 1. The lowest BCUT2D eigenvalue weighted by Gasteiger charge is -2.09. The zero-order valence-corrected chi connectivity index (χ0v) is 13.0. The number of aromatic nitrogens is 3. The van der Waals surface area contributed by atoms with Gasteiger partial charge in [0.2, 0.25) is 5.88 Å². The lowest BCUT2D eigenvalue weighted by atomic mass is 10.2. The molecule has 0 N–H and O–H groups in total. The van der Waals surface area contributed by atoms with Crippen molar-refractivity contribution in [2.24, 2.45) is 0 Å². The Bertz CT molecular complexity index is 821. The molecule has 2 aromatic heterocycles. The number of hydrogen-bond donors (Lipinski definition) is 0. The number of halogens is 1. The van der Waals surface area contributed by atoms with Gasteiger partial charge in [-0.15, -0.1) is 0 Å². The molecule has 0 aliphatic heterocycles. The fourth-order valence-electron chi connectivity index (χ4n) is 2.01. The molecule has 0 atom stereocenters. The van der Waals surface area contributed by atoms with Gasteiger partial charge in [-0.3, -0.25) is 0 Å². The molecule has 0 unspecified atom stereocenters. The number of nitrogens with zero attached hydrogens (tertiary/aromatic N) is 3. The van der Waals surface area contributed by atoms with Crippen molar-refractivity contribution in [3.63, 3.8) is 0 Å². The zero-order chi connectivity index (χ0) is 15.5. The summed E-state index contributed by atoms with van der Waals surface area (Å²) in [5, 5.41) is 0.541. The SMILES string of the molecule is Cc1cc(Oc2ccccc2Cl)nc(-c2nccc(C)n2)c1. The molecule has 0 radical (unpaired) electrons. The van der Waals surface area contributed by atoms with Crippen LogP contribution in [0.5, 0.6) is 11.6 Å². The standard InChI is InChI=1S/C17H14ClN3O/c1-11-9-14(17-19-8-7-12(2)20-17)21-16(10-11)22-15-6-4-3-5-13(15)18/h3-10H,1-2H3. The second-order valence-corrected chi connectivity index (χ2v) is 5.33. The van der Waals surface area contributed by atoms with Gasteiger partial charge in [-0.25, -0.2) is 15.0 Å². The van der Waals surface area contributed by atoms with Gasteiger partial charge in [0.15, 0.2) is 5.82 Å². The van der Waals surface area contributed by atoms with Crippen LogP contribution < -0.4 is 4.74 Å². The maximum Gasteiger partial charge on any atom is 0.220 e. The van der Waals surface area contributed by atoms with Gasteiger partial charge in [0.1, 0.15) is 11.4 Å². The van der Waals surface area contributed by atoms with Gasteiger partial charge in [-0.05, 0) is 43.7 Å². The van der Waals surface area contributed by atoms with Gasteiger partial charge in [0.25, 0.3) is 0 Å². The molecule has 0 bridgehead atoms. The van der Waals surface area contributed by atoms with E-state index in [0.717, 1.165) is 11.3 Å². The molecule has 0 aliphatic carbocycles. The molecule has 5 heteroatoms. The van der Waals surface area contributed by atoms with Crippen molar-refractivity contribution in [3.05, 3.63) is 64.9 Å². The smallest absolute Gasteiger partial charge is 0.220 e. The zero-order valence-electron chi connectivity index (χ0n) is 12.2. The quantitative estimate of drug-likeness (QED) is 0.709. The van der Waals surface area contributed by atoms with Crippen LogP contribution in [0.3, 0.4) is 0 Å². The van der Waals surface area contributed by atoms with Gasteiger partial charge in [-0.1, -0.05) is 23.7 Å². The monoisotopic (exact) mass is 311 g/mol. The van der Waals surface area contributed by atoms with Crippen LogP contribution >= 0.6 is 11.6 Å². The van der Waals surface area contributed by atoms with Gasteiger partial charge in [0, 0.05) is 18.0 Å². The minimum absolute atomic E-state index is 0.466. The normalized spacial score (nSPS) is 10.5. The number of aryl methyl sites for hydroxylation is 2. The fourth-order valence-corrected chi connectivity index (χ4v) is 2.19. The Morgan fingerprint density at radius 3 is 2.59 bits per heavy atom. The molecule has 0 aliphatic rings.